The number of ether oxygens (including phenoxy) is 1. The van der Waals surface area contributed by atoms with Gasteiger partial charge in [-0.1, -0.05) is 18.2 Å². The van der Waals surface area contributed by atoms with Crippen LogP contribution in [0.3, 0.4) is 0 Å². The maximum Gasteiger partial charge on any atom is 0.339 e. The molecule has 1 heterocycles. The highest BCUT2D eigenvalue weighted by Gasteiger charge is 2.13. The zero-order chi connectivity index (χ0) is 14.8. The maximum absolute atomic E-state index is 13.3. The van der Waals surface area contributed by atoms with Crippen molar-refractivity contribution < 1.29 is 19.0 Å². The minimum Gasteiger partial charge on any atom is -0.488 e. The molecule has 2 aromatic carbocycles. The number of fused-ring (bicyclic) bond motifs is 1. The lowest BCUT2D eigenvalue weighted by Gasteiger charge is -2.08. The Morgan fingerprint density at radius 1 is 1.24 bits per heavy atom. The highest BCUT2D eigenvalue weighted by molar-refractivity contribution is 7.17. The van der Waals surface area contributed by atoms with Gasteiger partial charge in [0.25, 0.3) is 0 Å². The number of thiophene rings is 1. The second kappa shape index (κ2) is 5.54. The molecule has 5 heteroatoms. The Hall–Kier alpha value is -2.40. The number of hydrogen-bond donors (Lipinski definition) is 1. The largest absolute Gasteiger partial charge is 0.488 e. The van der Waals surface area contributed by atoms with Crippen molar-refractivity contribution in [2.75, 3.05) is 0 Å². The smallest absolute Gasteiger partial charge is 0.339 e. The quantitative estimate of drug-likeness (QED) is 0.781. The molecule has 0 spiro atoms. The summed E-state index contributed by atoms with van der Waals surface area (Å²) in [5, 5.41) is 12.1. The van der Waals surface area contributed by atoms with Gasteiger partial charge in [0.2, 0.25) is 0 Å². The first-order valence-corrected chi connectivity index (χ1v) is 7.14. The summed E-state index contributed by atoms with van der Waals surface area (Å²) in [6.45, 7) is 0.202. The number of carbonyl (C=O) groups is 1. The second-order valence-electron chi connectivity index (χ2n) is 4.49. The van der Waals surface area contributed by atoms with Gasteiger partial charge >= 0.3 is 5.97 Å². The number of aromatic carboxylic acids is 1. The lowest BCUT2D eigenvalue weighted by Crippen LogP contribution is -2.03. The molecule has 1 aromatic heterocycles. The number of carboxylic acid groups (broad SMARTS) is 1. The second-order valence-corrected chi connectivity index (χ2v) is 5.40. The van der Waals surface area contributed by atoms with Gasteiger partial charge in [-0.05, 0) is 29.0 Å². The first-order chi connectivity index (χ1) is 10.1. The predicted octanol–water partition coefficient (Wildman–Crippen LogP) is 4.32. The van der Waals surface area contributed by atoms with Gasteiger partial charge in [-0.2, -0.15) is 0 Å². The molecule has 0 atom stereocenters. The van der Waals surface area contributed by atoms with Crippen LogP contribution in [0.25, 0.3) is 10.1 Å². The van der Waals surface area contributed by atoms with Gasteiger partial charge in [-0.15, -0.1) is 11.3 Å². The number of rotatable bonds is 4. The predicted molar refractivity (Wildman–Crippen MR) is 79.5 cm³/mol. The molecule has 0 saturated carbocycles. The third-order valence-electron chi connectivity index (χ3n) is 3.12. The molecule has 0 amide bonds. The first kappa shape index (κ1) is 13.6. The Kier molecular flexibility index (Phi) is 3.58. The number of halogens is 1. The summed E-state index contributed by atoms with van der Waals surface area (Å²) in [6, 6.07) is 11.3. The highest BCUT2D eigenvalue weighted by atomic mass is 32.1. The number of carboxylic acids is 1. The summed E-state index contributed by atoms with van der Waals surface area (Å²) in [4.78, 5) is 11.1. The van der Waals surface area contributed by atoms with E-state index in [-0.39, 0.29) is 17.9 Å². The third-order valence-corrected chi connectivity index (χ3v) is 4.13. The SMILES string of the molecule is O=C(O)c1ccc(F)cc1OCc1csc2ccccc12. The fourth-order valence-electron chi connectivity index (χ4n) is 2.09. The Labute approximate surface area is 124 Å². The normalized spacial score (nSPS) is 10.7. The molecule has 0 radical (unpaired) electrons. The van der Waals surface area contributed by atoms with Crippen molar-refractivity contribution in [3.63, 3.8) is 0 Å². The lowest BCUT2D eigenvalue weighted by atomic mass is 10.2. The van der Waals surface area contributed by atoms with Gasteiger partial charge in [0.05, 0.1) is 0 Å². The van der Waals surface area contributed by atoms with Crippen molar-refractivity contribution in [1.82, 2.24) is 0 Å². The van der Waals surface area contributed by atoms with Crippen molar-refractivity contribution in [3.8, 4) is 5.75 Å². The summed E-state index contributed by atoms with van der Waals surface area (Å²) < 4.78 is 19.9. The molecule has 0 aliphatic carbocycles. The van der Waals surface area contributed by atoms with Crippen molar-refractivity contribution >= 4 is 27.4 Å². The molecule has 21 heavy (non-hydrogen) atoms. The van der Waals surface area contributed by atoms with E-state index in [0.717, 1.165) is 27.8 Å². The van der Waals surface area contributed by atoms with Gasteiger partial charge in [0, 0.05) is 16.3 Å². The van der Waals surface area contributed by atoms with Gasteiger partial charge in [0.15, 0.2) is 0 Å². The molecule has 3 rings (SSSR count). The number of hydrogen-bond acceptors (Lipinski definition) is 3. The standard InChI is InChI=1S/C16H11FO3S/c17-11-5-6-13(16(18)19)14(7-11)20-8-10-9-21-15-4-2-1-3-12(10)15/h1-7,9H,8H2,(H,18,19). The zero-order valence-corrected chi connectivity index (χ0v) is 11.7. The molecule has 0 aliphatic heterocycles. The molecule has 3 aromatic rings. The van der Waals surface area contributed by atoms with E-state index in [1.807, 2.05) is 29.6 Å². The Morgan fingerprint density at radius 2 is 2.05 bits per heavy atom. The van der Waals surface area contributed by atoms with E-state index in [9.17, 15) is 9.18 Å². The molecule has 0 saturated heterocycles. The molecule has 1 N–H and O–H groups in total. The molecular weight excluding hydrogens is 291 g/mol. The van der Waals surface area contributed by atoms with Crippen LogP contribution in [0.15, 0.2) is 47.8 Å². The van der Waals surface area contributed by atoms with Crippen LogP contribution >= 0.6 is 11.3 Å². The molecule has 0 fully saturated rings. The minimum atomic E-state index is -1.14. The summed E-state index contributed by atoms with van der Waals surface area (Å²) in [5.74, 6) is -1.62. The van der Waals surface area contributed by atoms with Crippen molar-refractivity contribution in [3.05, 3.63) is 64.8 Å². The van der Waals surface area contributed by atoms with Crippen molar-refractivity contribution in [2.45, 2.75) is 6.61 Å². The number of benzene rings is 2. The van der Waals surface area contributed by atoms with Gasteiger partial charge in [-0.3, -0.25) is 0 Å². The molecule has 106 valence electrons. The summed E-state index contributed by atoms with van der Waals surface area (Å²) in [5.41, 5.74) is 0.909. The summed E-state index contributed by atoms with van der Waals surface area (Å²) >= 11 is 1.59. The van der Waals surface area contributed by atoms with Crippen LogP contribution in [0.5, 0.6) is 5.75 Å². The maximum atomic E-state index is 13.3. The van der Waals surface area contributed by atoms with Crippen LogP contribution in [0.4, 0.5) is 4.39 Å². The molecule has 3 nitrogen and oxygen atoms in total. The van der Waals surface area contributed by atoms with Gasteiger partial charge in [-0.25, -0.2) is 9.18 Å². The third kappa shape index (κ3) is 2.73. The summed E-state index contributed by atoms with van der Waals surface area (Å²) in [7, 11) is 0. The lowest BCUT2D eigenvalue weighted by molar-refractivity contribution is 0.0691. The van der Waals surface area contributed by atoms with Crippen LogP contribution in [-0.2, 0) is 6.61 Å². The highest BCUT2D eigenvalue weighted by Crippen LogP contribution is 2.28. The zero-order valence-electron chi connectivity index (χ0n) is 10.9. The van der Waals surface area contributed by atoms with Crippen LogP contribution in [0, 0.1) is 5.82 Å². The fraction of sp³-hybridized carbons (Fsp3) is 0.0625. The summed E-state index contributed by atoms with van der Waals surface area (Å²) in [6.07, 6.45) is 0. The molecule has 0 bridgehead atoms. The molecular formula is C16H11FO3S. The Morgan fingerprint density at radius 3 is 2.86 bits per heavy atom. The van der Waals surface area contributed by atoms with E-state index in [1.165, 1.54) is 6.07 Å². The minimum absolute atomic E-state index is 0.0396. The van der Waals surface area contributed by atoms with Crippen LogP contribution in [-0.4, -0.2) is 11.1 Å². The van der Waals surface area contributed by atoms with Crippen molar-refractivity contribution in [2.24, 2.45) is 0 Å². The van der Waals surface area contributed by atoms with E-state index in [2.05, 4.69) is 0 Å². The average molecular weight is 302 g/mol. The molecule has 0 unspecified atom stereocenters. The molecule has 0 aliphatic rings. The van der Waals surface area contributed by atoms with Gasteiger partial charge < -0.3 is 9.84 Å². The van der Waals surface area contributed by atoms with Crippen LogP contribution in [0.1, 0.15) is 15.9 Å². The van der Waals surface area contributed by atoms with E-state index in [1.54, 1.807) is 11.3 Å². The van der Waals surface area contributed by atoms with Crippen molar-refractivity contribution in [1.29, 1.82) is 0 Å². The monoisotopic (exact) mass is 302 g/mol. The van der Waals surface area contributed by atoms with E-state index >= 15 is 0 Å². The van der Waals surface area contributed by atoms with E-state index < -0.39 is 11.8 Å². The van der Waals surface area contributed by atoms with Crippen LogP contribution in [0.2, 0.25) is 0 Å². The Balaban J connectivity index is 1.88. The average Bonchev–Trinajstić information content (AvgIpc) is 2.88. The topological polar surface area (TPSA) is 46.5 Å². The van der Waals surface area contributed by atoms with E-state index in [0.29, 0.717) is 0 Å². The van der Waals surface area contributed by atoms with Crippen LogP contribution < -0.4 is 4.74 Å². The van der Waals surface area contributed by atoms with E-state index in [4.69, 9.17) is 9.84 Å². The van der Waals surface area contributed by atoms with Gasteiger partial charge in [0.1, 0.15) is 23.7 Å². The Bertz CT molecular complexity index is 810. The fourth-order valence-corrected chi connectivity index (χ4v) is 3.04. The first-order valence-electron chi connectivity index (χ1n) is 6.26.